The Morgan fingerprint density at radius 2 is 1.79 bits per heavy atom. The number of hydrogen-bond donors (Lipinski definition) is 2. The Hall–Kier alpha value is -2.79. The quantitative estimate of drug-likeness (QED) is 0.306. The average molecular weight is 391 g/mol. The molecule has 0 aliphatic carbocycles. The molecule has 2 aromatic carbocycles. The number of aromatic nitrogens is 1. The standard InChI is InChI=1S/C23H26N4S/c1-17-26-21(16-28-17)14-7-6-9-18-10-8-13-20(15-18)23(27-25-2)22(24)19-11-4-3-5-12-19/h3-5,8,10-13,15-16,24-25H,6-7,9,14H2,1-2H3/b24-22?,27-23-. The molecule has 0 saturated heterocycles. The lowest BCUT2D eigenvalue weighted by Gasteiger charge is -2.10. The number of hydrazone groups is 1. The van der Waals surface area contributed by atoms with Crippen LogP contribution in [0.25, 0.3) is 0 Å². The maximum atomic E-state index is 8.59. The third-order valence-corrected chi connectivity index (χ3v) is 5.36. The molecule has 0 fully saturated rings. The summed E-state index contributed by atoms with van der Waals surface area (Å²) in [5.41, 5.74) is 8.24. The van der Waals surface area contributed by atoms with Crippen LogP contribution in [0.2, 0.25) is 0 Å². The van der Waals surface area contributed by atoms with Crippen LogP contribution in [0.1, 0.15) is 40.2 Å². The van der Waals surface area contributed by atoms with Gasteiger partial charge < -0.3 is 5.43 Å². The number of hydrogen-bond acceptors (Lipinski definition) is 5. The molecule has 4 nitrogen and oxygen atoms in total. The fourth-order valence-electron chi connectivity index (χ4n) is 3.15. The van der Waals surface area contributed by atoms with E-state index in [4.69, 9.17) is 5.41 Å². The summed E-state index contributed by atoms with van der Waals surface area (Å²) in [4.78, 5) is 4.53. The Kier molecular flexibility index (Phi) is 7.09. The van der Waals surface area contributed by atoms with Gasteiger partial charge >= 0.3 is 0 Å². The lowest BCUT2D eigenvalue weighted by molar-refractivity contribution is 0.724. The Morgan fingerprint density at radius 1 is 1.04 bits per heavy atom. The minimum absolute atomic E-state index is 0.422. The van der Waals surface area contributed by atoms with Gasteiger partial charge in [-0.25, -0.2) is 4.98 Å². The van der Waals surface area contributed by atoms with Gasteiger partial charge in [0, 0.05) is 23.6 Å². The molecule has 3 aromatic rings. The third-order valence-electron chi connectivity index (χ3n) is 4.54. The molecule has 0 saturated carbocycles. The summed E-state index contributed by atoms with van der Waals surface area (Å²) >= 11 is 1.72. The average Bonchev–Trinajstić information content (AvgIpc) is 3.15. The second-order valence-corrected chi connectivity index (χ2v) is 7.75. The van der Waals surface area contributed by atoms with E-state index in [2.05, 4.69) is 46.0 Å². The first-order valence-corrected chi connectivity index (χ1v) is 10.4. The molecule has 0 radical (unpaired) electrons. The van der Waals surface area contributed by atoms with E-state index in [0.717, 1.165) is 41.8 Å². The van der Waals surface area contributed by atoms with E-state index < -0.39 is 0 Å². The predicted molar refractivity (Wildman–Crippen MR) is 119 cm³/mol. The molecule has 2 N–H and O–H groups in total. The predicted octanol–water partition coefficient (Wildman–Crippen LogP) is 5.01. The van der Waals surface area contributed by atoms with E-state index in [1.807, 2.05) is 36.4 Å². The van der Waals surface area contributed by atoms with Gasteiger partial charge in [0.25, 0.3) is 0 Å². The summed E-state index contributed by atoms with van der Waals surface area (Å²) in [6.07, 6.45) is 4.30. The second-order valence-electron chi connectivity index (χ2n) is 6.69. The van der Waals surface area contributed by atoms with Gasteiger partial charge in [-0.3, -0.25) is 5.41 Å². The lowest BCUT2D eigenvalue weighted by Crippen LogP contribution is -2.19. The molecule has 144 valence electrons. The summed E-state index contributed by atoms with van der Waals surface area (Å²) in [6.45, 7) is 2.05. The number of thiazole rings is 1. The molecule has 28 heavy (non-hydrogen) atoms. The third kappa shape index (κ3) is 5.36. The van der Waals surface area contributed by atoms with Crippen LogP contribution in [0.3, 0.4) is 0 Å². The number of benzene rings is 2. The number of unbranched alkanes of at least 4 members (excludes halogenated alkanes) is 1. The maximum Gasteiger partial charge on any atom is 0.116 e. The topological polar surface area (TPSA) is 61.1 Å². The first-order valence-electron chi connectivity index (χ1n) is 9.56. The van der Waals surface area contributed by atoms with Gasteiger partial charge in [-0.2, -0.15) is 5.10 Å². The Balaban J connectivity index is 1.66. The largest absolute Gasteiger partial charge is 0.312 e. The molecule has 0 atom stereocenters. The Labute approximate surface area is 170 Å². The SMILES string of the molecule is CN/N=C(\C(=N)c1ccccc1)c1cccc(CCCCc2csc(C)n2)c1. The summed E-state index contributed by atoms with van der Waals surface area (Å²) in [7, 11) is 1.77. The van der Waals surface area contributed by atoms with E-state index in [1.54, 1.807) is 18.4 Å². The van der Waals surface area contributed by atoms with Gasteiger partial charge in [-0.1, -0.05) is 48.5 Å². The van der Waals surface area contributed by atoms with Crippen LogP contribution < -0.4 is 5.43 Å². The van der Waals surface area contributed by atoms with Crippen LogP contribution in [0.15, 0.2) is 65.1 Å². The summed E-state index contributed by atoms with van der Waals surface area (Å²) in [6, 6.07) is 18.1. The first-order chi connectivity index (χ1) is 13.7. The van der Waals surface area contributed by atoms with E-state index in [0.29, 0.717) is 11.4 Å². The van der Waals surface area contributed by atoms with Crippen molar-refractivity contribution < 1.29 is 0 Å². The second kappa shape index (κ2) is 9.95. The van der Waals surface area contributed by atoms with Crippen molar-refractivity contribution in [3.63, 3.8) is 0 Å². The molecule has 0 bridgehead atoms. The molecule has 1 heterocycles. The van der Waals surface area contributed by atoms with Gasteiger partial charge in [-0.05, 0) is 44.2 Å². The zero-order chi connectivity index (χ0) is 19.8. The highest BCUT2D eigenvalue weighted by Gasteiger charge is 2.13. The normalized spacial score (nSPS) is 11.4. The van der Waals surface area contributed by atoms with Crippen LogP contribution in [0.4, 0.5) is 0 Å². The fourth-order valence-corrected chi connectivity index (χ4v) is 3.80. The zero-order valence-electron chi connectivity index (χ0n) is 16.4. The Bertz CT molecular complexity index is 944. The smallest absolute Gasteiger partial charge is 0.116 e. The number of nitrogens with zero attached hydrogens (tertiary/aromatic N) is 2. The van der Waals surface area contributed by atoms with Gasteiger partial charge in [0.1, 0.15) is 5.71 Å². The molecule has 0 aliphatic rings. The van der Waals surface area contributed by atoms with Crippen molar-refractivity contribution in [3.05, 3.63) is 87.4 Å². The molecular weight excluding hydrogens is 364 g/mol. The highest BCUT2D eigenvalue weighted by Crippen LogP contribution is 2.15. The van der Waals surface area contributed by atoms with E-state index in [-0.39, 0.29) is 0 Å². The highest BCUT2D eigenvalue weighted by atomic mass is 32.1. The van der Waals surface area contributed by atoms with Crippen molar-refractivity contribution in [2.75, 3.05) is 7.05 Å². The summed E-state index contributed by atoms with van der Waals surface area (Å²) in [5, 5.41) is 16.3. The van der Waals surface area contributed by atoms with Gasteiger partial charge in [0.2, 0.25) is 0 Å². The molecule has 0 amide bonds. The molecule has 5 heteroatoms. The lowest BCUT2D eigenvalue weighted by atomic mass is 9.97. The van der Waals surface area contributed by atoms with E-state index in [1.165, 1.54) is 11.3 Å². The fraction of sp³-hybridized carbons (Fsp3) is 0.261. The molecule has 1 aromatic heterocycles. The van der Waals surface area contributed by atoms with Crippen molar-refractivity contribution in [1.82, 2.24) is 10.4 Å². The highest BCUT2D eigenvalue weighted by molar-refractivity contribution is 7.09. The summed E-state index contributed by atoms with van der Waals surface area (Å²) in [5.74, 6) is 0. The molecular formula is C23H26N4S. The van der Waals surface area contributed by atoms with Crippen LogP contribution >= 0.6 is 11.3 Å². The van der Waals surface area contributed by atoms with Crippen LogP contribution in [0, 0.1) is 12.3 Å². The molecule has 0 unspecified atom stereocenters. The summed E-state index contributed by atoms with van der Waals surface area (Å²) < 4.78 is 0. The molecule has 0 spiro atoms. The monoisotopic (exact) mass is 390 g/mol. The van der Waals surface area contributed by atoms with E-state index in [9.17, 15) is 0 Å². The van der Waals surface area contributed by atoms with E-state index >= 15 is 0 Å². The van der Waals surface area contributed by atoms with Gasteiger partial charge in [-0.15, -0.1) is 11.3 Å². The minimum atomic E-state index is 0.422. The van der Waals surface area contributed by atoms with Gasteiger partial charge in [0.15, 0.2) is 0 Å². The van der Waals surface area contributed by atoms with Crippen molar-refractivity contribution in [2.45, 2.75) is 32.6 Å². The van der Waals surface area contributed by atoms with Crippen molar-refractivity contribution in [1.29, 1.82) is 5.41 Å². The zero-order valence-corrected chi connectivity index (χ0v) is 17.2. The number of nitrogens with one attached hydrogen (secondary N) is 2. The number of aryl methyl sites for hydroxylation is 3. The van der Waals surface area contributed by atoms with Crippen molar-refractivity contribution in [3.8, 4) is 0 Å². The minimum Gasteiger partial charge on any atom is -0.312 e. The van der Waals surface area contributed by atoms with Crippen LogP contribution in [-0.4, -0.2) is 23.5 Å². The Morgan fingerprint density at radius 3 is 2.50 bits per heavy atom. The molecule has 3 rings (SSSR count). The molecule has 0 aliphatic heterocycles. The van der Waals surface area contributed by atoms with Crippen molar-refractivity contribution >= 4 is 22.8 Å². The first kappa shape index (κ1) is 20.0. The van der Waals surface area contributed by atoms with Crippen molar-refractivity contribution in [2.24, 2.45) is 5.10 Å². The number of rotatable bonds is 9. The van der Waals surface area contributed by atoms with Crippen LogP contribution in [0.5, 0.6) is 0 Å². The van der Waals surface area contributed by atoms with Gasteiger partial charge in [0.05, 0.1) is 16.4 Å². The maximum absolute atomic E-state index is 8.59. The van der Waals surface area contributed by atoms with Crippen LogP contribution in [-0.2, 0) is 12.8 Å².